The molecule has 1 aromatic carbocycles. The Morgan fingerprint density at radius 2 is 1.04 bits per heavy atom. The summed E-state index contributed by atoms with van der Waals surface area (Å²) in [4.78, 5) is 0. The van der Waals surface area contributed by atoms with Gasteiger partial charge in [-0.05, 0) is 91.5 Å². The summed E-state index contributed by atoms with van der Waals surface area (Å²) in [5.74, 6) is 0. The maximum Gasteiger partial charge on any atom is 0.538 e. The molecule has 0 atom stereocenters. The smallest absolute Gasteiger partial charge is 0.367 e. The summed E-state index contributed by atoms with van der Waals surface area (Å²) < 4.78 is 19.1. The molecule has 0 saturated carbocycles. The van der Waals surface area contributed by atoms with Gasteiger partial charge in [0, 0.05) is 23.5 Å². The second-order valence-electron chi connectivity index (χ2n) is 7.17. The van der Waals surface area contributed by atoms with Crippen LogP contribution in [-0.4, -0.2) is 27.1 Å². The molecule has 0 aliphatic heterocycles. The van der Waals surface area contributed by atoms with Gasteiger partial charge in [0.2, 0.25) is 0 Å². The summed E-state index contributed by atoms with van der Waals surface area (Å²) in [6.07, 6.45) is 0.126. The highest BCUT2D eigenvalue weighted by molar-refractivity contribution is 6.76. The lowest BCUT2D eigenvalue weighted by Gasteiger charge is -2.36. The Balaban J connectivity index is 3.60. The zero-order chi connectivity index (χ0) is 17.9. The summed E-state index contributed by atoms with van der Waals surface area (Å²) in [6, 6.07) is 2.21. The standard InChI is InChI=1S/C19H34O3Si/c1-12(2)20-23(21-13(3)4,22-14(5)6)19-11-15(7)16(8)17(9)18(19)10/h11-14H,1-10H3. The second-order valence-corrected chi connectivity index (χ2v) is 9.53. The van der Waals surface area contributed by atoms with Crippen LogP contribution in [-0.2, 0) is 13.3 Å². The third-order valence-electron chi connectivity index (χ3n) is 3.98. The topological polar surface area (TPSA) is 27.7 Å². The van der Waals surface area contributed by atoms with Gasteiger partial charge in [0.15, 0.2) is 0 Å². The first-order chi connectivity index (χ1) is 10.5. The summed E-state index contributed by atoms with van der Waals surface area (Å²) in [5, 5.41) is 1.11. The van der Waals surface area contributed by atoms with E-state index in [2.05, 4.69) is 33.8 Å². The van der Waals surface area contributed by atoms with Crippen LogP contribution in [0.15, 0.2) is 6.07 Å². The van der Waals surface area contributed by atoms with Crippen molar-refractivity contribution in [2.45, 2.75) is 87.5 Å². The van der Waals surface area contributed by atoms with Crippen LogP contribution >= 0.6 is 0 Å². The Bertz CT molecular complexity index is 509. The summed E-state index contributed by atoms with van der Waals surface area (Å²) in [5.41, 5.74) is 5.10. The lowest BCUT2D eigenvalue weighted by atomic mass is 10.00. The van der Waals surface area contributed by atoms with E-state index in [1.54, 1.807) is 0 Å². The number of hydrogen-bond donors (Lipinski definition) is 0. The van der Waals surface area contributed by atoms with Crippen molar-refractivity contribution in [2.75, 3.05) is 0 Å². The van der Waals surface area contributed by atoms with Crippen LogP contribution in [0, 0.1) is 27.7 Å². The lowest BCUT2D eigenvalue weighted by Crippen LogP contribution is -2.61. The molecular formula is C19H34O3Si. The van der Waals surface area contributed by atoms with Crippen LogP contribution in [0.5, 0.6) is 0 Å². The summed E-state index contributed by atoms with van der Waals surface area (Å²) in [6.45, 7) is 20.9. The fourth-order valence-electron chi connectivity index (χ4n) is 2.73. The fourth-order valence-corrected chi connectivity index (χ4v) is 6.18. The summed E-state index contributed by atoms with van der Waals surface area (Å²) in [7, 11) is -2.99. The molecule has 0 N–H and O–H groups in total. The maximum absolute atomic E-state index is 6.37. The average Bonchev–Trinajstić information content (AvgIpc) is 2.37. The normalized spacial score (nSPS) is 12.7. The van der Waals surface area contributed by atoms with Gasteiger partial charge < -0.3 is 13.3 Å². The lowest BCUT2D eigenvalue weighted by molar-refractivity contribution is 0.0152. The first-order valence-electron chi connectivity index (χ1n) is 8.61. The molecule has 0 unspecified atom stereocenters. The van der Waals surface area contributed by atoms with Gasteiger partial charge in [0.1, 0.15) is 0 Å². The van der Waals surface area contributed by atoms with Gasteiger partial charge in [-0.15, -0.1) is 0 Å². The van der Waals surface area contributed by atoms with Crippen LogP contribution in [0.25, 0.3) is 0 Å². The predicted octanol–water partition coefficient (Wildman–Crippen LogP) is 4.34. The van der Waals surface area contributed by atoms with E-state index < -0.39 is 8.80 Å². The first-order valence-corrected chi connectivity index (χ1v) is 10.3. The molecule has 0 amide bonds. The second kappa shape index (κ2) is 7.93. The van der Waals surface area contributed by atoms with Crippen LogP contribution in [0.4, 0.5) is 0 Å². The minimum atomic E-state index is -2.99. The Kier molecular flexibility index (Phi) is 7.02. The van der Waals surface area contributed by atoms with Crippen LogP contribution in [0.2, 0.25) is 0 Å². The largest absolute Gasteiger partial charge is 0.538 e. The third kappa shape index (κ3) is 4.89. The summed E-state index contributed by atoms with van der Waals surface area (Å²) >= 11 is 0. The van der Waals surface area contributed by atoms with E-state index in [9.17, 15) is 0 Å². The molecule has 0 saturated heterocycles. The maximum atomic E-state index is 6.37. The van der Waals surface area contributed by atoms with Gasteiger partial charge in [-0.1, -0.05) is 6.07 Å². The van der Waals surface area contributed by atoms with Crippen molar-refractivity contribution in [1.82, 2.24) is 0 Å². The zero-order valence-electron chi connectivity index (χ0n) is 16.5. The van der Waals surface area contributed by atoms with Crippen LogP contribution < -0.4 is 5.19 Å². The molecule has 4 heteroatoms. The quantitative estimate of drug-likeness (QED) is 0.692. The van der Waals surface area contributed by atoms with Crippen molar-refractivity contribution in [3.63, 3.8) is 0 Å². The van der Waals surface area contributed by atoms with E-state index in [4.69, 9.17) is 13.3 Å². The molecule has 0 spiro atoms. The molecule has 0 radical (unpaired) electrons. The van der Waals surface area contributed by atoms with Gasteiger partial charge in [-0.25, -0.2) is 0 Å². The molecule has 0 aromatic heterocycles. The molecule has 0 aliphatic carbocycles. The van der Waals surface area contributed by atoms with E-state index in [0.29, 0.717) is 0 Å². The van der Waals surface area contributed by atoms with Gasteiger partial charge >= 0.3 is 8.80 Å². The number of aryl methyl sites for hydroxylation is 1. The first kappa shape index (κ1) is 20.4. The van der Waals surface area contributed by atoms with Gasteiger partial charge in [-0.3, -0.25) is 0 Å². The monoisotopic (exact) mass is 338 g/mol. The van der Waals surface area contributed by atoms with Crippen molar-refractivity contribution in [3.05, 3.63) is 28.3 Å². The molecule has 0 heterocycles. The van der Waals surface area contributed by atoms with Crippen LogP contribution in [0.3, 0.4) is 0 Å². The fraction of sp³-hybridized carbons (Fsp3) is 0.684. The molecule has 3 nitrogen and oxygen atoms in total. The van der Waals surface area contributed by atoms with E-state index in [1.165, 1.54) is 22.3 Å². The van der Waals surface area contributed by atoms with Crippen LogP contribution in [0.1, 0.15) is 63.8 Å². The van der Waals surface area contributed by atoms with Gasteiger partial charge in [-0.2, -0.15) is 0 Å². The number of hydrogen-bond acceptors (Lipinski definition) is 3. The Labute approximate surface area is 143 Å². The van der Waals surface area contributed by atoms with Crippen molar-refractivity contribution >= 4 is 14.0 Å². The highest BCUT2D eigenvalue weighted by atomic mass is 28.4. The van der Waals surface area contributed by atoms with E-state index in [0.717, 1.165) is 5.19 Å². The minimum Gasteiger partial charge on any atom is -0.367 e. The SMILES string of the molecule is Cc1cc([Si](OC(C)C)(OC(C)C)OC(C)C)c(C)c(C)c1C. The van der Waals surface area contributed by atoms with Crippen molar-refractivity contribution in [2.24, 2.45) is 0 Å². The highest BCUT2D eigenvalue weighted by Crippen LogP contribution is 2.23. The Morgan fingerprint density at radius 3 is 1.39 bits per heavy atom. The van der Waals surface area contributed by atoms with Crippen molar-refractivity contribution in [3.8, 4) is 0 Å². The highest BCUT2D eigenvalue weighted by Gasteiger charge is 2.48. The van der Waals surface area contributed by atoms with E-state index in [1.807, 2.05) is 41.5 Å². The Morgan fingerprint density at radius 1 is 0.652 bits per heavy atom. The molecule has 1 rings (SSSR count). The molecule has 23 heavy (non-hydrogen) atoms. The predicted molar refractivity (Wildman–Crippen MR) is 99.4 cm³/mol. The minimum absolute atomic E-state index is 0.0421. The molecule has 1 aromatic rings. The van der Waals surface area contributed by atoms with Crippen molar-refractivity contribution in [1.29, 1.82) is 0 Å². The number of rotatable bonds is 7. The van der Waals surface area contributed by atoms with Gasteiger partial charge in [0.25, 0.3) is 0 Å². The molecule has 0 fully saturated rings. The zero-order valence-corrected chi connectivity index (χ0v) is 17.5. The molecular weight excluding hydrogens is 304 g/mol. The molecule has 0 bridgehead atoms. The van der Waals surface area contributed by atoms with Gasteiger partial charge in [0.05, 0.1) is 0 Å². The molecule has 0 aliphatic rings. The van der Waals surface area contributed by atoms with E-state index in [-0.39, 0.29) is 18.3 Å². The van der Waals surface area contributed by atoms with E-state index >= 15 is 0 Å². The molecule has 132 valence electrons. The van der Waals surface area contributed by atoms with Crippen molar-refractivity contribution < 1.29 is 13.3 Å². The number of benzene rings is 1. The average molecular weight is 339 g/mol. The third-order valence-corrected chi connectivity index (χ3v) is 7.51. The Hall–Kier alpha value is -0.683.